The van der Waals surface area contributed by atoms with Crippen LogP contribution in [0.3, 0.4) is 0 Å². The standard InChI is InChI=1S/C13H18BrNO/c1-12(16,13(9-15)7-2-8-13)10-3-5-11(14)6-4-10/h3-6,16H,2,7-9,15H2,1H3. The molecule has 1 saturated carbocycles. The van der Waals surface area contributed by atoms with E-state index in [-0.39, 0.29) is 5.41 Å². The molecular formula is C13H18BrNO. The maximum Gasteiger partial charge on any atom is 0.0936 e. The normalized spacial score (nSPS) is 22.2. The van der Waals surface area contributed by atoms with Crippen LogP contribution in [-0.2, 0) is 5.60 Å². The van der Waals surface area contributed by atoms with Crippen LogP contribution in [0, 0.1) is 5.41 Å². The number of hydrogen-bond acceptors (Lipinski definition) is 2. The fourth-order valence-corrected chi connectivity index (χ4v) is 2.84. The van der Waals surface area contributed by atoms with Crippen molar-refractivity contribution in [3.63, 3.8) is 0 Å². The van der Waals surface area contributed by atoms with Crippen molar-refractivity contribution < 1.29 is 5.11 Å². The van der Waals surface area contributed by atoms with Crippen LogP contribution in [-0.4, -0.2) is 11.7 Å². The molecule has 88 valence electrons. The highest BCUT2D eigenvalue weighted by atomic mass is 79.9. The van der Waals surface area contributed by atoms with Gasteiger partial charge in [-0.25, -0.2) is 0 Å². The Morgan fingerprint density at radius 2 is 1.94 bits per heavy atom. The molecule has 1 aliphatic carbocycles. The number of benzene rings is 1. The van der Waals surface area contributed by atoms with E-state index < -0.39 is 5.60 Å². The molecule has 0 spiro atoms. The van der Waals surface area contributed by atoms with Crippen molar-refractivity contribution in [3.8, 4) is 0 Å². The van der Waals surface area contributed by atoms with Gasteiger partial charge >= 0.3 is 0 Å². The van der Waals surface area contributed by atoms with E-state index in [4.69, 9.17) is 5.73 Å². The van der Waals surface area contributed by atoms with Crippen LogP contribution in [0.4, 0.5) is 0 Å². The fourth-order valence-electron chi connectivity index (χ4n) is 2.57. The van der Waals surface area contributed by atoms with E-state index in [0.29, 0.717) is 6.54 Å². The maximum absolute atomic E-state index is 10.8. The average Bonchev–Trinajstić information content (AvgIpc) is 2.17. The van der Waals surface area contributed by atoms with Gasteiger partial charge in [0, 0.05) is 16.4 Å². The molecule has 0 aliphatic heterocycles. The van der Waals surface area contributed by atoms with Crippen molar-refractivity contribution in [1.29, 1.82) is 0 Å². The number of aliphatic hydroxyl groups is 1. The van der Waals surface area contributed by atoms with Crippen molar-refractivity contribution >= 4 is 15.9 Å². The van der Waals surface area contributed by atoms with E-state index in [2.05, 4.69) is 15.9 Å². The Bertz CT molecular complexity index is 363. The molecular weight excluding hydrogens is 266 g/mol. The Labute approximate surface area is 105 Å². The van der Waals surface area contributed by atoms with Crippen LogP contribution in [0.25, 0.3) is 0 Å². The number of halogens is 1. The Morgan fingerprint density at radius 3 is 2.31 bits per heavy atom. The lowest BCUT2D eigenvalue weighted by atomic mass is 9.57. The van der Waals surface area contributed by atoms with Gasteiger partial charge in [0.05, 0.1) is 5.60 Å². The minimum absolute atomic E-state index is 0.124. The molecule has 0 bridgehead atoms. The Kier molecular flexibility index (Phi) is 3.12. The summed E-state index contributed by atoms with van der Waals surface area (Å²) in [6.07, 6.45) is 3.21. The molecule has 0 radical (unpaired) electrons. The smallest absolute Gasteiger partial charge is 0.0936 e. The summed E-state index contributed by atoms with van der Waals surface area (Å²) in [5.74, 6) is 0. The zero-order valence-electron chi connectivity index (χ0n) is 9.54. The van der Waals surface area contributed by atoms with Gasteiger partial charge in [0.15, 0.2) is 0 Å². The molecule has 0 saturated heterocycles. The molecule has 3 heteroatoms. The topological polar surface area (TPSA) is 46.2 Å². The lowest BCUT2D eigenvalue weighted by molar-refractivity contribution is -0.116. The SMILES string of the molecule is CC(O)(c1ccc(Br)cc1)C1(CN)CCC1. The van der Waals surface area contributed by atoms with Crippen molar-refractivity contribution in [3.05, 3.63) is 34.3 Å². The molecule has 0 heterocycles. The molecule has 2 nitrogen and oxygen atoms in total. The fraction of sp³-hybridized carbons (Fsp3) is 0.538. The summed E-state index contributed by atoms with van der Waals surface area (Å²) in [5.41, 5.74) is 5.87. The largest absolute Gasteiger partial charge is 0.385 e. The average molecular weight is 284 g/mol. The van der Waals surface area contributed by atoms with Gasteiger partial charge in [0.1, 0.15) is 0 Å². The van der Waals surface area contributed by atoms with Gasteiger partial charge in [-0.15, -0.1) is 0 Å². The zero-order valence-corrected chi connectivity index (χ0v) is 11.1. The molecule has 1 atom stereocenters. The van der Waals surface area contributed by atoms with E-state index in [1.54, 1.807) is 0 Å². The molecule has 2 rings (SSSR count). The second-order valence-corrected chi connectivity index (χ2v) is 5.83. The summed E-state index contributed by atoms with van der Waals surface area (Å²) in [5, 5.41) is 10.8. The summed E-state index contributed by atoms with van der Waals surface area (Å²) < 4.78 is 1.03. The van der Waals surface area contributed by atoms with E-state index in [1.165, 1.54) is 6.42 Å². The summed E-state index contributed by atoms with van der Waals surface area (Å²) >= 11 is 3.40. The molecule has 3 N–H and O–H groups in total. The van der Waals surface area contributed by atoms with Crippen molar-refractivity contribution in [2.24, 2.45) is 11.1 Å². The molecule has 1 fully saturated rings. The summed E-state index contributed by atoms with van der Waals surface area (Å²) in [4.78, 5) is 0. The van der Waals surface area contributed by atoms with Crippen LogP contribution in [0.5, 0.6) is 0 Å². The van der Waals surface area contributed by atoms with Crippen LogP contribution >= 0.6 is 15.9 Å². The van der Waals surface area contributed by atoms with Gasteiger partial charge in [0.25, 0.3) is 0 Å². The minimum Gasteiger partial charge on any atom is -0.385 e. The maximum atomic E-state index is 10.8. The third kappa shape index (κ3) is 1.71. The van der Waals surface area contributed by atoms with E-state index in [0.717, 1.165) is 22.9 Å². The number of hydrogen-bond donors (Lipinski definition) is 2. The predicted molar refractivity (Wildman–Crippen MR) is 69.1 cm³/mol. The summed E-state index contributed by atoms with van der Waals surface area (Å²) in [6, 6.07) is 7.87. The van der Waals surface area contributed by atoms with E-state index in [1.807, 2.05) is 31.2 Å². The van der Waals surface area contributed by atoms with Gasteiger partial charge in [-0.1, -0.05) is 34.5 Å². The van der Waals surface area contributed by atoms with Gasteiger partial charge in [-0.3, -0.25) is 0 Å². The van der Waals surface area contributed by atoms with Crippen LogP contribution in [0.2, 0.25) is 0 Å². The third-order valence-corrected chi connectivity index (χ3v) is 4.67. The second-order valence-electron chi connectivity index (χ2n) is 4.92. The van der Waals surface area contributed by atoms with Crippen molar-refractivity contribution in [2.45, 2.75) is 31.8 Å². The minimum atomic E-state index is -0.819. The van der Waals surface area contributed by atoms with E-state index >= 15 is 0 Å². The van der Waals surface area contributed by atoms with Gasteiger partial charge in [-0.05, 0) is 37.5 Å². The second kappa shape index (κ2) is 4.13. The van der Waals surface area contributed by atoms with Crippen LogP contribution in [0.1, 0.15) is 31.7 Å². The molecule has 1 aromatic rings. The molecule has 1 aromatic carbocycles. The molecule has 0 aromatic heterocycles. The Hall–Kier alpha value is -0.380. The van der Waals surface area contributed by atoms with Gasteiger partial charge in [0.2, 0.25) is 0 Å². The highest BCUT2D eigenvalue weighted by Crippen LogP contribution is 2.52. The first-order chi connectivity index (χ1) is 7.52. The highest BCUT2D eigenvalue weighted by Gasteiger charge is 2.50. The van der Waals surface area contributed by atoms with Gasteiger partial charge < -0.3 is 10.8 Å². The van der Waals surface area contributed by atoms with Gasteiger partial charge in [-0.2, -0.15) is 0 Å². The Balaban J connectivity index is 2.34. The highest BCUT2D eigenvalue weighted by molar-refractivity contribution is 9.10. The number of nitrogens with two attached hydrogens (primary N) is 1. The third-order valence-electron chi connectivity index (χ3n) is 4.14. The molecule has 1 unspecified atom stereocenters. The molecule has 16 heavy (non-hydrogen) atoms. The van der Waals surface area contributed by atoms with Crippen molar-refractivity contribution in [2.75, 3.05) is 6.54 Å². The predicted octanol–water partition coefficient (Wildman–Crippen LogP) is 2.79. The first-order valence-electron chi connectivity index (χ1n) is 5.70. The van der Waals surface area contributed by atoms with Crippen molar-refractivity contribution in [1.82, 2.24) is 0 Å². The molecule has 1 aliphatic rings. The monoisotopic (exact) mass is 283 g/mol. The number of rotatable bonds is 3. The van der Waals surface area contributed by atoms with E-state index in [9.17, 15) is 5.11 Å². The lowest BCUT2D eigenvalue weighted by Gasteiger charge is -2.51. The summed E-state index contributed by atoms with van der Waals surface area (Å²) in [6.45, 7) is 2.44. The first-order valence-corrected chi connectivity index (χ1v) is 6.50. The Morgan fingerprint density at radius 1 is 1.38 bits per heavy atom. The summed E-state index contributed by atoms with van der Waals surface area (Å²) in [7, 11) is 0. The quantitative estimate of drug-likeness (QED) is 0.896. The molecule has 0 amide bonds. The first kappa shape index (κ1) is 12.1. The lowest BCUT2D eigenvalue weighted by Crippen LogP contribution is -2.52. The zero-order chi connectivity index (χ0) is 11.8. The van der Waals surface area contributed by atoms with Crippen LogP contribution < -0.4 is 5.73 Å². The van der Waals surface area contributed by atoms with Crippen LogP contribution in [0.15, 0.2) is 28.7 Å².